The summed E-state index contributed by atoms with van der Waals surface area (Å²) in [6.07, 6.45) is 0. The average Bonchev–Trinajstić information content (AvgIpc) is 2.84. The number of ketones is 1. The number of carbonyl (C=O) groups excluding carboxylic acids is 1. The summed E-state index contributed by atoms with van der Waals surface area (Å²) in [5, 5.41) is 28.3. The second-order valence-electron chi connectivity index (χ2n) is 7.85. The quantitative estimate of drug-likeness (QED) is 0.504. The van der Waals surface area contributed by atoms with Gasteiger partial charge in [0.25, 0.3) is 11.4 Å². The van der Waals surface area contributed by atoms with Crippen LogP contribution in [0.25, 0.3) is 0 Å². The summed E-state index contributed by atoms with van der Waals surface area (Å²) < 4.78 is 0. The maximum absolute atomic E-state index is 13.2. The first-order valence-corrected chi connectivity index (χ1v) is 10.4. The standard InChI is InChI=1S/C21H24N6O5/c28-21(19-13-24(11-9-22-19)15-1-5-17(6-2-15)26(29)30)20-14-25(12-10-23-20)16-3-7-18(8-4-16)27(31)32/h1-8,19-20,22-23H,9-14H2. The number of rotatable bonds is 6. The maximum Gasteiger partial charge on any atom is 0.269 e. The summed E-state index contributed by atoms with van der Waals surface area (Å²) >= 11 is 0. The number of piperazine rings is 2. The van der Waals surface area contributed by atoms with Crippen LogP contribution in [0, 0.1) is 20.2 Å². The topological polar surface area (TPSA) is 134 Å². The molecule has 2 unspecified atom stereocenters. The van der Waals surface area contributed by atoms with Crippen LogP contribution in [0.5, 0.6) is 0 Å². The van der Waals surface area contributed by atoms with E-state index in [1.165, 1.54) is 24.3 Å². The molecule has 0 bridgehead atoms. The van der Waals surface area contributed by atoms with Gasteiger partial charge in [0.05, 0.1) is 21.9 Å². The van der Waals surface area contributed by atoms with E-state index in [2.05, 4.69) is 20.4 Å². The molecule has 2 heterocycles. The zero-order valence-electron chi connectivity index (χ0n) is 17.3. The molecule has 2 aliphatic rings. The molecule has 2 aromatic carbocycles. The molecule has 0 amide bonds. The highest BCUT2D eigenvalue weighted by Crippen LogP contribution is 2.23. The lowest BCUT2D eigenvalue weighted by molar-refractivity contribution is -0.385. The van der Waals surface area contributed by atoms with Gasteiger partial charge in [-0.05, 0) is 24.3 Å². The van der Waals surface area contributed by atoms with Crippen molar-refractivity contribution in [1.82, 2.24) is 10.6 Å². The van der Waals surface area contributed by atoms with Gasteiger partial charge in [0.1, 0.15) is 0 Å². The Morgan fingerprint density at radius 2 is 1.12 bits per heavy atom. The number of hydrogen-bond donors (Lipinski definition) is 2. The van der Waals surface area contributed by atoms with E-state index in [0.717, 1.165) is 11.4 Å². The van der Waals surface area contributed by atoms with E-state index < -0.39 is 9.85 Å². The molecule has 4 rings (SSSR count). The fourth-order valence-corrected chi connectivity index (χ4v) is 4.16. The minimum atomic E-state index is -0.431. The highest BCUT2D eigenvalue weighted by atomic mass is 16.6. The van der Waals surface area contributed by atoms with Crippen molar-refractivity contribution >= 4 is 28.5 Å². The fraction of sp³-hybridized carbons (Fsp3) is 0.381. The number of nitro groups is 2. The molecule has 2 fully saturated rings. The highest BCUT2D eigenvalue weighted by molar-refractivity contribution is 5.90. The van der Waals surface area contributed by atoms with E-state index in [1.807, 2.05) is 0 Å². The summed E-state index contributed by atoms with van der Waals surface area (Å²) in [5.41, 5.74) is 1.77. The Morgan fingerprint density at radius 1 is 0.750 bits per heavy atom. The van der Waals surface area contributed by atoms with Crippen LogP contribution in [-0.4, -0.2) is 67.0 Å². The van der Waals surface area contributed by atoms with Crippen LogP contribution in [-0.2, 0) is 4.79 Å². The predicted octanol–water partition coefficient (Wildman–Crippen LogP) is 1.33. The second-order valence-corrected chi connectivity index (χ2v) is 7.85. The summed E-state index contributed by atoms with van der Waals surface area (Å²) in [5.74, 6) is 0.0585. The molecule has 2 saturated heterocycles. The zero-order chi connectivity index (χ0) is 22.7. The first-order chi connectivity index (χ1) is 15.4. The Labute approximate surface area is 184 Å². The lowest BCUT2D eigenvalue weighted by Crippen LogP contribution is -2.62. The molecule has 2 aliphatic heterocycles. The van der Waals surface area contributed by atoms with Crippen molar-refractivity contribution in [2.24, 2.45) is 0 Å². The van der Waals surface area contributed by atoms with Crippen LogP contribution in [0.4, 0.5) is 22.7 Å². The van der Waals surface area contributed by atoms with Gasteiger partial charge in [0.15, 0.2) is 5.78 Å². The largest absolute Gasteiger partial charge is 0.368 e. The van der Waals surface area contributed by atoms with Gasteiger partial charge in [0.2, 0.25) is 0 Å². The molecule has 11 heteroatoms. The smallest absolute Gasteiger partial charge is 0.269 e. The molecule has 2 aromatic rings. The van der Waals surface area contributed by atoms with Gasteiger partial charge in [-0.15, -0.1) is 0 Å². The van der Waals surface area contributed by atoms with Crippen LogP contribution in [0.2, 0.25) is 0 Å². The number of hydrogen-bond acceptors (Lipinski definition) is 9. The van der Waals surface area contributed by atoms with Crippen LogP contribution in [0.15, 0.2) is 48.5 Å². The van der Waals surface area contributed by atoms with Crippen LogP contribution in [0.1, 0.15) is 0 Å². The van der Waals surface area contributed by atoms with E-state index in [9.17, 15) is 25.0 Å². The number of nitro benzene ring substituents is 2. The SMILES string of the molecule is O=C(C1CN(c2ccc([N+](=O)[O-])cc2)CCN1)C1CN(c2ccc([N+](=O)[O-])cc2)CCN1. The Hall–Kier alpha value is -3.57. The van der Waals surface area contributed by atoms with Crippen molar-refractivity contribution < 1.29 is 14.6 Å². The van der Waals surface area contributed by atoms with E-state index in [0.29, 0.717) is 39.3 Å². The van der Waals surface area contributed by atoms with E-state index >= 15 is 0 Å². The molecule has 11 nitrogen and oxygen atoms in total. The highest BCUT2D eigenvalue weighted by Gasteiger charge is 2.33. The van der Waals surface area contributed by atoms with Gasteiger partial charge in [-0.2, -0.15) is 0 Å². The number of Topliss-reactive ketones (excluding diaryl/α,β-unsaturated/α-hetero) is 1. The lowest BCUT2D eigenvalue weighted by atomic mass is 10.00. The van der Waals surface area contributed by atoms with Crippen molar-refractivity contribution in [1.29, 1.82) is 0 Å². The van der Waals surface area contributed by atoms with Gasteiger partial charge in [-0.25, -0.2) is 0 Å². The van der Waals surface area contributed by atoms with Gasteiger partial charge in [-0.3, -0.25) is 25.0 Å². The molecule has 2 N–H and O–H groups in total. The Balaban J connectivity index is 1.40. The van der Waals surface area contributed by atoms with Crippen LogP contribution in [0.3, 0.4) is 0 Å². The predicted molar refractivity (Wildman–Crippen MR) is 119 cm³/mol. The molecule has 0 saturated carbocycles. The van der Waals surface area contributed by atoms with Gasteiger partial charge < -0.3 is 20.4 Å². The Bertz CT molecular complexity index is 917. The second kappa shape index (κ2) is 9.28. The molecule has 0 radical (unpaired) electrons. The normalized spacial score (nSPS) is 21.2. The lowest BCUT2D eigenvalue weighted by Gasteiger charge is -2.39. The molecule has 0 aliphatic carbocycles. The summed E-state index contributed by atoms with van der Waals surface area (Å²) in [7, 11) is 0. The molecular weight excluding hydrogens is 416 g/mol. The van der Waals surface area contributed by atoms with E-state index in [4.69, 9.17) is 0 Å². The third-order valence-corrected chi connectivity index (χ3v) is 5.89. The van der Waals surface area contributed by atoms with Crippen molar-refractivity contribution in [3.63, 3.8) is 0 Å². The maximum atomic E-state index is 13.2. The van der Waals surface area contributed by atoms with E-state index in [-0.39, 0.29) is 29.2 Å². The molecule has 0 aromatic heterocycles. The van der Waals surface area contributed by atoms with Crippen molar-refractivity contribution in [2.75, 3.05) is 49.1 Å². The average molecular weight is 440 g/mol. The van der Waals surface area contributed by atoms with Gasteiger partial charge in [-0.1, -0.05) is 0 Å². The van der Waals surface area contributed by atoms with Crippen LogP contribution >= 0.6 is 0 Å². The van der Waals surface area contributed by atoms with Crippen molar-refractivity contribution in [3.05, 3.63) is 68.8 Å². The molecular formula is C21H24N6O5. The third kappa shape index (κ3) is 4.68. The summed E-state index contributed by atoms with van der Waals surface area (Å²) in [6.45, 7) is 3.63. The number of nitrogens with zero attached hydrogens (tertiary/aromatic N) is 4. The Morgan fingerprint density at radius 3 is 1.47 bits per heavy atom. The first kappa shape index (κ1) is 21.7. The first-order valence-electron chi connectivity index (χ1n) is 10.4. The Kier molecular flexibility index (Phi) is 6.28. The van der Waals surface area contributed by atoms with Crippen molar-refractivity contribution in [2.45, 2.75) is 12.1 Å². The molecule has 32 heavy (non-hydrogen) atoms. The van der Waals surface area contributed by atoms with Crippen molar-refractivity contribution in [3.8, 4) is 0 Å². The number of anilines is 2. The fourth-order valence-electron chi connectivity index (χ4n) is 4.16. The number of nitrogens with one attached hydrogen (secondary N) is 2. The third-order valence-electron chi connectivity index (χ3n) is 5.89. The monoisotopic (exact) mass is 440 g/mol. The molecule has 2 atom stereocenters. The number of benzene rings is 2. The minimum Gasteiger partial charge on any atom is -0.368 e. The zero-order valence-corrected chi connectivity index (χ0v) is 17.3. The number of non-ortho nitro benzene ring substituents is 2. The van der Waals surface area contributed by atoms with Gasteiger partial charge in [0, 0.05) is 74.9 Å². The molecule has 168 valence electrons. The minimum absolute atomic E-state index is 0.0363. The van der Waals surface area contributed by atoms with Crippen LogP contribution < -0.4 is 20.4 Å². The van der Waals surface area contributed by atoms with E-state index in [1.54, 1.807) is 24.3 Å². The van der Waals surface area contributed by atoms with Gasteiger partial charge >= 0.3 is 0 Å². The summed E-state index contributed by atoms with van der Waals surface area (Å²) in [6, 6.07) is 12.0. The summed E-state index contributed by atoms with van der Waals surface area (Å²) in [4.78, 5) is 38.2. The number of carbonyl (C=O) groups is 1. The molecule has 0 spiro atoms.